The van der Waals surface area contributed by atoms with Crippen LogP contribution in [-0.2, 0) is 37.6 Å². The molecule has 1 fully saturated rings. The quantitative estimate of drug-likeness (QED) is 0.358. The van der Waals surface area contributed by atoms with Crippen molar-refractivity contribution >= 4 is 27.4 Å². The summed E-state index contributed by atoms with van der Waals surface area (Å²) < 4.78 is 65.2. The molecule has 4 heterocycles. The minimum Gasteiger partial charge on any atom is -0.491 e. The molecule has 11 nitrogen and oxygen atoms in total. The molecule has 3 aromatic rings. The molecule has 1 aromatic carbocycles. The van der Waals surface area contributed by atoms with E-state index in [-0.39, 0.29) is 54.4 Å². The summed E-state index contributed by atoms with van der Waals surface area (Å²) in [7, 11) is -2.29. The van der Waals surface area contributed by atoms with Crippen LogP contribution in [0, 0.1) is 5.82 Å². The molecule has 0 bridgehead atoms. The molecule has 1 atom stereocenters. The highest BCUT2D eigenvalue weighted by Crippen LogP contribution is 2.37. The third kappa shape index (κ3) is 6.52. The molecule has 1 unspecified atom stereocenters. The second-order valence-corrected chi connectivity index (χ2v) is 11.8. The average molecular weight is 594 g/mol. The van der Waals surface area contributed by atoms with Crippen molar-refractivity contribution in [2.75, 3.05) is 33.1 Å². The Morgan fingerprint density at radius 3 is 2.62 bits per heavy atom. The fourth-order valence-electron chi connectivity index (χ4n) is 4.57. The minimum atomic E-state index is -3.81. The summed E-state index contributed by atoms with van der Waals surface area (Å²) in [6.45, 7) is 0.759. The molecule has 0 spiro atoms. The predicted octanol–water partition coefficient (Wildman–Crippen LogP) is 3.55. The highest BCUT2D eigenvalue weighted by atomic mass is 32.2. The van der Waals surface area contributed by atoms with Crippen molar-refractivity contribution in [2.45, 2.75) is 38.3 Å². The van der Waals surface area contributed by atoms with Crippen LogP contribution in [0.4, 0.5) is 4.39 Å². The van der Waals surface area contributed by atoms with Gasteiger partial charge in [0.25, 0.3) is 11.8 Å². The number of nitrogens with zero attached hydrogens (tertiary/aromatic N) is 3. The van der Waals surface area contributed by atoms with Crippen molar-refractivity contribution < 1.29 is 40.7 Å². The van der Waals surface area contributed by atoms with Gasteiger partial charge in [-0.3, -0.25) is 4.79 Å². The van der Waals surface area contributed by atoms with Gasteiger partial charge >= 0.3 is 10.1 Å². The van der Waals surface area contributed by atoms with E-state index in [1.807, 2.05) is 5.38 Å². The maximum Gasteiger partial charge on any atom is 0.306 e. The van der Waals surface area contributed by atoms with Gasteiger partial charge in [-0.25, -0.2) is 14.4 Å². The fourth-order valence-corrected chi connectivity index (χ4v) is 6.04. The predicted molar refractivity (Wildman–Crippen MR) is 141 cm³/mol. The number of benzene rings is 1. The van der Waals surface area contributed by atoms with Crippen molar-refractivity contribution in [3.05, 3.63) is 63.5 Å². The van der Waals surface area contributed by atoms with Gasteiger partial charge in [0.1, 0.15) is 17.3 Å². The second-order valence-electron chi connectivity index (χ2n) is 9.31. The number of carbonyl (C=O) groups is 1. The Morgan fingerprint density at radius 1 is 1.15 bits per heavy atom. The normalized spacial score (nSPS) is 18.1. The SMILES string of the molecule is COc1cccnc1OCC(=O)N1CCC(c2nc(C3OCc4c(F)ccc(OS(C)(=O)=O)c4CO3)cs2)CC1. The second kappa shape index (κ2) is 12.0. The van der Waals surface area contributed by atoms with Crippen LogP contribution in [0.3, 0.4) is 0 Å². The van der Waals surface area contributed by atoms with E-state index in [9.17, 15) is 17.6 Å². The van der Waals surface area contributed by atoms with Crippen molar-refractivity contribution in [2.24, 2.45) is 0 Å². The summed E-state index contributed by atoms with van der Waals surface area (Å²) in [5.74, 6) is 0.244. The highest BCUT2D eigenvalue weighted by molar-refractivity contribution is 7.86. The minimum absolute atomic E-state index is 0.00740. The summed E-state index contributed by atoms with van der Waals surface area (Å²) in [6, 6.07) is 5.84. The molecule has 0 saturated carbocycles. The summed E-state index contributed by atoms with van der Waals surface area (Å²) in [6.07, 6.45) is 3.11. The molecule has 1 saturated heterocycles. The molecular formula is C26H28FN3O8S2. The third-order valence-electron chi connectivity index (χ3n) is 6.60. The van der Waals surface area contributed by atoms with Crippen LogP contribution in [0.2, 0.25) is 0 Å². The van der Waals surface area contributed by atoms with Gasteiger partial charge in [-0.2, -0.15) is 8.42 Å². The van der Waals surface area contributed by atoms with Crippen molar-refractivity contribution in [1.82, 2.24) is 14.9 Å². The number of rotatable bonds is 8. The maximum atomic E-state index is 14.5. The molecule has 0 radical (unpaired) electrons. The van der Waals surface area contributed by atoms with E-state index in [1.54, 1.807) is 23.2 Å². The number of hydrogen-bond acceptors (Lipinski definition) is 11. The zero-order valence-corrected chi connectivity index (χ0v) is 23.5. The lowest BCUT2D eigenvalue weighted by Gasteiger charge is -2.31. The summed E-state index contributed by atoms with van der Waals surface area (Å²) in [4.78, 5) is 23.3. The molecular weight excluding hydrogens is 565 g/mol. The van der Waals surface area contributed by atoms with E-state index in [2.05, 4.69) is 4.98 Å². The summed E-state index contributed by atoms with van der Waals surface area (Å²) >= 11 is 1.48. The number of aromatic nitrogens is 2. The van der Waals surface area contributed by atoms with Crippen LogP contribution >= 0.6 is 11.3 Å². The Balaban J connectivity index is 1.17. The van der Waals surface area contributed by atoms with Crippen LogP contribution in [-0.4, -0.2) is 62.3 Å². The number of piperidine rings is 1. The summed E-state index contributed by atoms with van der Waals surface area (Å²) in [5.41, 5.74) is 1.02. The molecule has 0 aliphatic carbocycles. The van der Waals surface area contributed by atoms with Gasteiger partial charge < -0.3 is 28.0 Å². The first-order chi connectivity index (χ1) is 19.2. The zero-order chi connectivity index (χ0) is 28.3. The smallest absolute Gasteiger partial charge is 0.306 e. The van der Waals surface area contributed by atoms with E-state index in [4.69, 9.17) is 28.1 Å². The number of methoxy groups -OCH3 is 1. The molecule has 5 rings (SSSR count). The number of hydrogen-bond donors (Lipinski definition) is 0. The average Bonchev–Trinajstić information content (AvgIpc) is 3.32. The topological polar surface area (TPSA) is 126 Å². The van der Waals surface area contributed by atoms with Crippen LogP contribution in [0.15, 0.2) is 35.8 Å². The molecule has 1 amide bonds. The van der Waals surface area contributed by atoms with Crippen molar-refractivity contribution in [3.8, 4) is 17.4 Å². The molecule has 14 heteroatoms. The Morgan fingerprint density at radius 2 is 1.90 bits per heavy atom. The Kier molecular flexibility index (Phi) is 8.49. The van der Waals surface area contributed by atoms with Crippen LogP contribution in [0.1, 0.15) is 46.9 Å². The van der Waals surface area contributed by atoms with Crippen LogP contribution < -0.4 is 13.7 Å². The van der Waals surface area contributed by atoms with Gasteiger partial charge in [0.2, 0.25) is 6.29 Å². The molecule has 2 aromatic heterocycles. The Bertz CT molecular complexity index is 1470. The first kappa shape index (κ1) is 28.2. The van der Waals surface area contributed by atoms with E-state index >= 15 is 0 Å². The fraction of sp³-hybridized carbons (Fsp3) is 0.423. The number of halogens is 1. The monoisotopic (exact) mass is 593 g/mol. The number of amides is 1. The van der Waals surface area contributed by atoms with Gasteiger partial charge in [-0.15, -0.1) is 11.3 Å². The van der Waals surface area contributed by atoms with E-state index in [1.165, 1.54) is 24.5 Å². The maximum absolute atomic E-state index is 14.5. The Hall–Kier alpha value is -3.33. The van der Waals surface area contributed by atoms with E-state index in [0.29, 0.717) is 24.5 Å². The lowest BCUT2D eigenvalue weighted by Crippen LogP contribution is -2.40. The van der Waals surface area contributed by atoms with Gasteiger partial charge in [-0.05, 0) is 37.1 Å². The molecule has 0 N–H and O–H groups in total. The largest absolute Gasteiger partial charge is 0.491 e. The van der Waals surface area contributed by atoms with E-state index < -0.39 is 22.2 Å². The Labute approximate surface area is 234 Å². The van der Waals surface area contributed by atoms with Crippen LogP contribution in [0.25, 0.3) is 0 Å². The first-order valence-corrected chi connectivity index (χ1v) is 15.2. The van der Waals surface area contributed by atoms with Gasteiger partial charge in [0.15, 0.2) is 12.4 Å². The van der Waals surface area contributed by atoms with Gasteiger partial charge in [0.05, 0.1) is 31.6 Å². The van der Waals surface area contributed by atoms with E-state index in [0.717, 1.165) is 30.2 Å². The van der Waals surface area contributed by atoms with Gasteiger partial charge in [0, 0.05) is 41.7 Å². The number of likely N-dealkylation sites (tertiary alicyclic amines) is 1. The lowest BCUT2D eigenvalue weighted by molar-refractivity contribution is -0.155. The van der Waals surface area contributed by atoms with Gasteiger partial charge in [-0.1, -0.05) is 0 Å². The lowest BCUT2D eigenvalue weighted by atomic mass is 9.97. The van der Waals surface area contributed by atoms with Crippen LogP contribution in [0.5, 0.6) is 17.4 Å². The van der Waals surface area contributed by atoms with Crippen molar-refractivity contribution in [1.29, 1.82) is 0 Å². The molecule has 214 valence electrons. The summed E-state index contributed by atoms with van der Waals surface area (Å²) in [5, 5.41) is 2.74. The molecule has 2 aliphatic rings. The number of fused-ring (bicyclic) bond motifs is 1. The highest BCUT2D eigenvalue weighted by Gasteiger charge is 2.29. The molecule has 2 aliphatic heterocycles. The zero-order valence-electron chi connectivity index (χ0n) is 21.9. The molecule has 40 heavy (non-hydrogen) atoms. The number of thiazole rings is 1. The van der Waals surface area contributed by atoms with Crippen molar-refractivity contribution in [3.63, 3.8) is 0 Å². The number of carbonyl (C=O) groups excluding carboxylic acids is 1. The standard InChI is InChI=1S/C26H28FN3O8S2/c1-34-22-4-3-9-28-24(22)35-14-23(31)30-10-7-16(8-11-30)25-29-20(15-39-25)26-36-12-17-18(13-37-26)21(6-5-19(17)27)38-40(2,32)33/h3-6,9,15-16,26H,7-8,10-14H2,1-2H3. The number of pyridine rings is 1. The first-order valence-electron chi connectivity index (χ1n) is 12.5. The number of ether oxygens (including phenoxy) is 4. The third-order valence-corrected chi connectivity index (χ3v) is 8.10.